The van der Waals surface area contributed by atoms with Crippen LogP contribution in [-0.2, 0) is 21.9 Å². The predicted octanol–water partition coefficient (Wildman–Crippen LogP) is 4.33. The molecule has 0 unspecified atom stereocenters. The van der Waals surface area contributed by atoms with E-state index < -0.39 is 17.5 Å². The second-order valence-electron chi connectivity index (χ2n) is 9.21. The molecule has 0 aliphatic rings. The number of hydrogen-bond donors (Lipinski definition) is 3. The van der Waals surface area contributed by atoms with Crippen LogP contribution in [-0.4, -0.2) is 51.9 Å². The Kier molecular flexibility index (Phi) is 12.2. The monoisotopic (exact) mass is 502 g/mol. The van der Waals surface area contributed by atoms with Crippen LogP contribution in [0.15, 0.2) is 60.7 Å². The molecule has 186 valence electrons. The van der Waals surface area contributed by atoms with E-state index in [2.05, 4.69) is 24.8 Å². The van der Waals surface area contributed by atoms with E-state index in [9.17, 15) is 14.7 Å². The molecule has 0 radical (unpaired) electrons. The third-order valence-corrected chi connectivity index (χ3v) is 7.62. The predicted molar refractivity (Wildman–Crippen MR) is 145 cm³/mol. The molecular weight excluding hydrogens is 464 g/mol. The Morgan fingerprint density at radius 2 is 1.62 bits per heavy atom. The zero-order chi connectivity index (χ0) is 25.0. The third kappa shape index (κ3) is 8.77. The van der Waals surface area contributed by atoms with Gasteiger partial charge in [-0.3, -0.25) is 9.59 Å². The Morgan fingerprint density at radius 3 is 2.18 bits per heavy atom. The molecule has 3 N–H and O–H groups in total. The number of nitrogens with zero attached hydrogens (tertiary/aromatic N) is 1. The first-order valence-corrected chi connectivity index (χ1v) is 13.6. The van der Waals surface area contributed by atoms with Gasteiger partial charge in [-0.25, -0.2) is 0 Å². The molecule has 2 aromatic carbocycles. The molecule has 2 rings (SSSR count). The maximum Gasteiger partial charge on any atom is 0.229 e. The molecule has 0 saturated heterocycles. The highest BCUT2D eigenvalue weighted by Gasteiger charge is 2.39. The highest BCUT2D eigenvalue weighted by atomic mass is 32.2. The van der Waals surface area contributed by atoms with Crippen LogP contribution >= 0.6 is 24.4 Å². The number of nitrogens with two attached hydrogens (primary N) is 1. The van der Waals surface area contributed by atoms with Crippen molar-refractivity contribution in [1.29, 1.82) is 0 Å². The van der Waals surface area contributed by atoms with Crippen LogP contribution < -0.4 is 5.73 Å². The number of carbonyl (C=O) groups is 2. The molecule has 0 aromatic heterocycles. The summed E-state index contributed by atoms with van der Waals surface area (Å²) in [6.45, 7) is 4.27. The van der Waals surface area contributed by atoms with Crippen LogP contribution in [0.2, 0.25) is 0 Å². The lowest BCUT2D eigenvalue weighted by atomic mass is 9.90. The molecule has 0 saturated carbocycles. The average molecular weight is 503 g/mol. The number of carbonyl (C=O) groups excluding carboxylic acids is 2. The van der Waals surface area contributed by atoms with Gasteiger partial charge < -0.3 is 15.7 Å². The van der Waals surface area contributed by atoms with Gasteiger partial charge in [-0.05, 0) is 30.4 Å². The first-order valence-electron chi connectivity index (χ1n) is 11.8. The van der Waals surface area contributed by atoms with E-state index in [4.69, 9.17) is 5.73 Å². The number of amides is 1. The largest absolute Gasteiger partial charge is 0.396 e. The van der Waals surface area contributed by atoms with E-state index in [0.29, 0.717) is 31.6 Å². The van der Waals surface area contributed by atoms with Gasteiger partial charge in [0.15, 0.2) is 5.78 Å². The summed E-state index contributed by atoms with van der Waals surface area (Å²) in [6, 6.07) is 18.5. The number of aliphatic hydroxyl groups is 1. The highest BCUT2D eigenvalue weighted by molar-refractivity contribution is 7.98. The minimum atomic E-state index is -0.746. The highest BCUT2D eigenvalue weighted by Crippen LogP contribution is 2.30. The van der Waals surface area contributed by atoms with Gasteiger partial charge in [0.25, 0.3) is 0 Å². The van der Waals surface area contributed by atoms with Crippen molar-refractivity contribution in [3.05, 3.63) is 71.8 Å². The summed E-state index contributed by atoms with van der Waals surface area (Å²) in [5, 5.41) is 9.27. The quantitative estimate of drug-likeness (QED) is 0.249. The molecule has 0 bridgehead atoms. The number of Topliss-reactive ketones (excluding diaryl/α,β-unsaturated/α-hetero) is 1. The van der Waals surface area contributed by atoms with Crippen molar-refractivity contribution in [2.75, 3.05) is 18.1 Å². The van der Waals surface area contributed by atoms with Gasteiger partial charge in [0.05, 0.1) is 17.5 Å². The van der Waals surface area contributed by atoms with Gasteiger partial charge in [0.1, 0.15) is 0 Å². The number of rotatable bonds is 15. The fraction of sp³-hybridized carbons (Fsp3) is 0.481. The molecule has 0 aliphatic heterocycles. The summed E-state index contributed by atoms with van der Waals surface area (Å²) in [4.78, 5) is 29.0. The van der Waals surface area contributed by atoms with E-state index in [1.807, 2.05) is 62.4 Å². The standard InChI is InChI=1S/C27H38N2O3S2/c1-27(2,20-34-19-22-13-7-4-8-14-22)26(32)29(17-21-11-5-3-6-12-21)24(15-9-10-16-30)25(31)23(28)18-33/h3-8,11-14,23-24,30,33H,9-10,15-20,28H2,1-2H3/t23-,24-/m0/s1. The van der Waals surface area contributed by atoms with Gasteiger partial charge in [0.2, 0.25) is 5.91 Å². The van der Waals surface area contributed by atoms with Crippen molar-refractivity contribution in [1.82, 2.24) is 4.90 Å². The van der Waals surface area contributed by atoms with Crippen LogP contribution in [0.4, 0.5) is 0 Å². The van der Waals surface area contributed by atoms with Gasteiger partial charge in [-0.2, -0.15) is 24.4 Å². The third-order valence-electron chi connectivity index (χ3n) is 5.76. The number of thiol groups is 1. The van der Waals surface area contributed by atoms with Crippen molar-refractivity contribution in [3.8, 4) is 0 Å². The zero-order valence-corrected chi connectivity index (χ0v) is 21.9. The molecule has 1 amide bonds. The van der Waals surface area contributed by atoms with Crippen molar-refractivity contribution < 1.29 is 14.7 Å². The summed E-state index contributed by atoms with van der Waals surface area (Å²) in [5.74, 6) is 1.43. The molecule has 0 spiro atoms. The van der Waals surface area contributed by atoms with Crippen LogP contribution in [0, 0.1) is 5.41 Å². The molecule has 0 fully saturated rings. The smallest absolute Gasteiger partial charge is 0.229 e. The van der Waals surface area contributed by atoms with Crippen LogP contribution in [0.5, 0.6) is 0 Å². The number of benzene rings is 2. The van der Waals surface area contributed by atoms with E-state index in [1.165, 1.54) is 5.56 Å². The van der Waals surface area contributed by atoms with Crippen molar-refractivity contribution in [2.45, 2.75) is 57.5 Å². The summed E-state index contributed by atoms with van der Waals surface area (Å²) >= 11 is 5.94. The number of ketones is 1. The summed E-state index contributed by atoms with van der Waals surface area (Å²) in [7, 11) is 0. The van der Waals surface area contributed by atoms with Crippen molar-refractivity contribution in [3.63, 3.8) is 0 Å². The maximum atomic E-state index is 14.0. The Morgan fingerprint density at radius 1 is 1.03 bits per heavy atom. The van der Waals surface area contributed by atoms with Gasteiger partial charge >= 0.3 is 0 Å². The van der Waals surface area contributed by atoms with Crippen LogP contribution in [0.25, 0.3) is 0 Å². The SMILES string of the molecule is CC(C)(CSCc1ccccc1)C(=O)N(Cc1ccccc1)[C@@H](CCCCO)C(=O)[C@@H](N)CS. The lowest BCUT2D eigenvalue weighted by Gasteiger charge is -2.38. The van der Waals surface area contributed by atoms with Crippen molar-refractivity contribution >= 4 is 36.1 Å². The minimum Gasteiger partial charge on any atom is -0.396 e. The second kappa shape index (κ2) is 14.6. The van der Waals surface area contributed by atoms with E-state index in [1.54, 1.807) is 16.7 Å². The van der Waals surface area contributed by atoms with Crippen LogP contribution in [0.3, 0.4) is 0 Å². The Hall–Kier alpha value is -1.80. The summed E-state index contributed by atoms with van der Waals surface area (Å²) in [6.07, 6.45) is 1.67. The summed E-state index contributed by atoms with van der Waals surface area (Å²) in [5.41, 5.74) is 7.59. The van der Waals surface area contributed by atoms with E-state index in [-0.39, 0.29) is 24.1 Å². The van der Waals surface area contributed by atoms with Crippen LogP contribution in [0.1, 0.15) is 44.2 Å². The molecular formula is C27H38N2O3S2. The molecule has 2 aromatic rings. The first kappa shape index (κ1) is 28.4. The Balaban J connectivity index is 2.27. The topological polar surface area (TPSA) is 83.6 Å². The van der Waals surface area contributed by atoms with Crippen molar-refractivity contribution in [2.24, 2.45) is 11.1 Å². The molecule has 34 heavy (non-hydrogen) atoms. The molecule has 0 aliphatic carbocycles. The normalized spacial score (nSPS) is 13.3. The number of hydrogen-bond acceptors (Lipinski definition) is 6. The summed E-state index contributed by atoms with van der Waals surface area (Å²) < 4.78 is 0. The lowest BCUT2D eigenvalue weighted by molar-refractivity contribution is -0.147. The fourth-order valence-electron chi connectivity index (χ4n) is 3.79. The molecule has 7 heteroatoms. The lowest BCUT2D eigenvalue weighted by Crippen LogP contribution is -2.54. The molecule has 0 heterocycles. The number of unbranched alkanes of at least 4 members (excludes halogenated alkanes) is 1. The average Bonchev–Trinajstić information content (AvgIpc) is 2.85. The first-order chi connectivity index (χ1) is 16.3. The number of thioether (sulfide) groups is 1. The Bertz CT molecular complexity index is 878. The minimum absolute atomic E-state index is 0.0494. The van der Waals surface area contributed by atoms with Gasteiger partial charge in [0, 0.05) is 30.4 Å². The van der Waals surface area contributed by atoms with Gasteiger partial charge in [-0.15, -0.1) is 0 Å². The van der Waals surface area contributed by atoms with E-state index in [0.717, 1.165) is 11.3 Å². The Labute approximate surface area is 213 Å². The molecule has 2 atom stereocenters. The maximum absolute atomic E-state index is 14.0. The fourth-order valence-corrected chi connectivity index (χ4v) is 5.13. The van der Waals surface area contributed by atoms with Gasteiger partial charge in [-0.1, -0.05) is 74.5 Å². The second-order valence-corrected chi connectivity index (χ2v) is 10.6. The number of aliphatic hydroxyl groups excluding tert-OH is 1. The molecule has 5 nitrogen and oxygen atoms in total. The zero-order valence-electron chi connectivity index (χ0n) is 20.2. The van der Waals surface area contributed by atoms with E-state index >= 15 is 0 Å².